The second-order valence-electron chi connectivity index (χ2n) is 3.11. The van der Waals surface area contributed by atoms with Crippen LogP contribution in [0.4, 0.5) is 0 Å². The highest BCUT2D eigenvalue weighted by Gasteiger charge is 2.12. The number of fused-ring (bicyclic) bond motifs is 1. The molecule has 0 fully saturated rings. The molecule has 1 aliphatic heterocycles. The van der Waals surface area contributed by atoms with Crippen LogP contribution >= 0.6 is 0 Å². The highest BCUT2D eigenvalue weighted by atomic mass is 15.3. The van der Waals surface area contributed by atoms with E-state index < -0.39 is 0 Å². The molecule has 1 aromatic rings. The molecule has 0 N–H and O–H groups in total. The molecule has 2 heterocycles. The number of aromatic nitrogens is 2. The summed E-state index contributed by atoms with van der Waals surface area (Å²) in [6.07, 6.45) is 3.76. The fourth-order valence-electron chi connectivity index (χ4n) is 1.63. The van der Waals surface area contributed by atoms with E-state index in [-0.39, 0.29) is 0 Å². The summed E-state index contributed by atoms with van der Waals surface area (Å²) < 4.78 is 2.06. The number of aryl methyl sites for hydroxylation is 3. The number of nitrogens with zero attached hydrogens (tertiary/aromatic N) is 3. The smallest absolute Gasteiger partial charge is 0.0637 e. The first kappa shape index (κ1) is 7.35. The van der Waals surface area contributed by atoms with Gasteiger partial charge in [-0.3, -0.25) is 4.68 Å². The third-order valence-corrected chi connectivity index (χ3v) is 2.21. The van der Waals surface area contributed by atoms with Crippen molar-refractivity contribution in [2.45, 2.75) is 32.2 Å². The van der Waals surface area contributed by atoms with Crippen LogP contribution in [-0.2, 0) is 19.4 Å². The van der Waals surface area contributed by atoms with Crippen LogP contribution in [0.5, 0.6) is 0 Å². The summed E-state index contributed by atoms with van der Waals surface area (Å²) in [7, 11) is 0. The maximum absolute atomic E-state index is 8.39. The van der Waals surface area contributed by atoms with E-state index in [2.05, 4.69) is 21.9 Å². The van der Waals surface area contributed by atoms with E-state index in [1.54, 1.807) is 0 Å². The lowest BCUT2D eigenvalue weighted by Gasteiger charge is -1.91. The Morgan fingerprint density at radius 1 is 1.67 bits per heavy atom. The van der Waals surface area contributed by atoms with E-state index in [4.69, 9.17) is 5.26 Å². The number of hydrogen-bond donors (Lipinski definition) is 0. The molecule has 0 aromatic carbocycles. The van der Waals surface area contributed by atoms with Crippen molar-refractivity contribution in [3.63, 3.8) is 0 Å². The standard InChI is InChI=1S/C9H11N3/c10-5-1-3-8-7-9-4-2-6-12(9)11-8/h7H,1-4,6H2. The minimum atomic E-state index is 0.580. The summed E-state index contributed by atoms with van der Waals surface area (Å²) in [6, 6.07) is 4.26. The van der Waals surface area contributed by atoms with Gasteiger partial charge >= 0.3 is 0 Å². The maximum atomic E-state index is 8.39. The van der Waals surface area contributed by atoms with Crippen LogP contribution in [0.1, 0.15) is 24.2 Å². The van der Waals surface area contributed by atoms with Crippen molar-refractivity contribution in [1.82, 2.24) is 9.78 Å². The number of hydrogen-bond acceptors (Lipinski definition) is 2. The lowest BCUT2D eigenvalue weighted by Crippen LogP contribution is -1.95. The van der Waals surface area contributed by atoms with Crippen LogP contribution in [0, 0.1) is 11.3 Å². The Kier molecular flexibility index (Phi) is 1.83. The van der Waals surface area contributed by atoms with Gasteiger partial charge < -0.3 is 0 Å². The van der Waals surface area contributed by atoms with Crippen LogP contribution in [0.15, 0.2) is 6.07 Å². The topological polar surface area (TPSA) is 41.6 Å². The lowest BCUT2D eigenvalue weighted by atomic mass is 10.2. The van der Waals surface area contributed by atoms with Crippen molar-refractivity contribution in [1.29, 1.82) is 5.26 Å². The third-order valence-electron chi connectivity index (χ3n) is 2.21. The molecule has 0 bridgehead atoms. The Morgan fingerprint density at radius 2 is 2.58 bits per heavy atom. The van der Waals surface area contributed by atoms with Crippen LogP contribution in [-0.4, -0.2) is 9.78 Å². The van der Waals surface area contributed by atoms with Crippen molar-refractivity contribution in [2.24, 2.45) is 0 Å². The van der Waals surface area contributed by atoms with Gasteiger partial charge in [0.2, 0.25) is 0 Å². The average molecular weight is 161 g/mol. The van der Waals surface area contributed by atoms with Crippen LogP contribution in [0.3, 0.4) is 0 Å². The van der Waals surface area contributed by atoms with E-state index in [1.807, 2.05) is 0 Å². The average Bonchev–Trinajstić information content (AvgIpc) is 2.58. The molecule has 0 aliphatic carbocycles. The molecule has 3 nitrogen and oxygen atoms in total. The second-order valence-corrected chi connectivity index (χ2v) is 3.11. The van der Waals surface area contributed by atoms with Crippen LogP contribution in [0.25, 0.3) is 0 Å². The van der Waals surface area contributed by atoms with E-state index in [0.717, 1.165) is 25.1 Å². The van der Waals surface area contributed by atoms with Gasteiger partial charge in [0.05, 0.1) is 11.8 Å². The van der Waals surface area contributed by atoms with E-state index in [0.29, 0.717) is 6.42 Å². The van der Waals surface area contributed by atoms with Crippen molar-refractivity contribution >= 4 is 0 Å². The van der Waals surface area contributed by atoms with Crippen molar-refractivity contribution in [2.75, 3.05) is 0 Å². The molecular formula is C9H11N3. The molecule has 1 aliphatic rings. The monoisotopic (exact) mass is 161 g/mol. The fraction of sp³-hybridized carbons (Fsp3) is 0.556. The summed E-state index contributed by atoms with van der Waals surface area (Å²) in [6.45, 7) is 1.06. The Balaban J connectivity index is 2.11. The van der Waals surface area contributed by atoms with Crippen LogP contribution < -0.4 is 0 Å². The van der Waals surface area contributed by atoms with Crippen molar-refractivity contribution < 1.29 is 0 Å². The maximum Gasteiger partial charge on any atom is 0.0637 e. The summed E-state index contributed by atoms with van der Waals surface area (Å²) in [5.41, 5.74) is 2.41. The second kappa shape index (κ2) is 2.98. The quantitative estimate of drug-likeness (QED) is 0.655. The van der Waals surface area contributed by atoms with Crippen molar-refractivity contribution in [3.05, 3.63) is 17.5 Å². The fourth-order valence-corrected chi connectivity index (χ4v) is 1.63. The molecular weight excluding hydrogens is 150 g/mol. The highest BCUT2D eigenvalue weighted by Crippen LogP contribution is 2.15. The summed E-state index contributed by atoms with van der Waals surface area (Å²) >= 11 is 0. The molecule has 1 aromatic heterocycles. The zero-order chi connectivity index (χ0) is 8.39. The molecule has 3 heteroatoms. The third kappa shape index (κ3) is 1.20. The molecule has 2 rings (SSSR count). The van der Waals surface area contributed by atoms with Gasteiger partial charge in [-0.15, -0.1) is 0 Å². The van der Waals surface area contributed by atoms with E-state index >= 15 is 0 Å². The molecule has 12 heavy (non-hydrogen) atoms. The first-order chi connectivity index (χ1) is 5.90. The highest BCUT2D eigenvalue weighted by molar-refractivity contribution is 5.13. The normalized spacial score (nSPS) is 14.2. The number of rotatable bonds is 2. The summed E-state index contributed by atoms with van der Waals surface area (Å²) in [4.78, 5) is 0. The Hall–Kier alpha value is -1.30. The summed E-state index contributed by atoms with van der Waals surface area (Å²) in [5, 5.41) is 12.8. The Labute approximate surface area is 71.6 Å². The van der Waals surface area contributed by atoms with Gasteiger partial charge in [0, 0.05) is 25.1 Å². The minimum absolute atomic E-state index is 0.580. The summed E-state index contributed by atoms with van der Waals surface area (Å²) in [5.74, 6) is 0. The first-order valence-corrected chi connectivity index (χ1v) is 4.33. The van der Waals surface area contributed by atoms with Gasteiger partial charge in [-0.2, -0.15) is 10.4 Å². The minimum Gasteiger partial charge on any atom is -0.269 e. The van der Waals surface area contributed by atoms with Gasteiger partial charge in [-0.05, 0) is 18.9 Å². The predicted octanol–water partition coefficient (Wildman–Crippen LogP) is 1.29. The Bertz CT molecular complexity index is 298. The van der Waals surface area contributed by atoms with E-state index in [1.165, 1.54) is 12.1 Å². The molecule has 0 atom stereocenters. The number of nitriles is 1. The molecule has 0 unspecified atom stereocenters. The Morgan fingerprint density at radius 3 is 3.33 bits per heavy atom. The zero-order valence-electron chi connectivity index (χ0n) is 6.95. The zero-order valence-corrected chi connectivity index (χ0v) is 6.95. The van der Waals surface area contributed by atoms with Gasteiger partial charge in [0.25, 0.3) is 0 Å². The van der Waals surface area contributed by atoms with Gasteiger partial charge in [0.1, 0.15) is 0 Å². The van der Waals surface area contributed by atoms with Gasteiger partial charge in [-0.25, -0.2) is 0 Å². The molecule has 0 amide bonds. The van der Waals surface area contributed by atoms with Crippen LogP contribution in [0.2, 0.25) is 0 Å². The largest absolute Gasteiger partial charge is 0.269 e. The SMILES string of the molecule is N#CCCc1cc2n(n1)CCC2. The van der Waals surface area contributed by atoms with Crippen molar-refractivity contribution in [3.8, 4) is 6.07 Å². The molecule has 0 radical (unpaired) electrons. The lowest BCUT2D eigenvalue weighted by molar-refractivity contribution is 0.643. The van der Waals surface area contributed by atoms with E-state index in [9.17, 15) is 0 Å². The molecule has 0 saturated heterocycles. The van der Waals surface area contributed by atoms with Gasteiger partial charge in [0.15, 0.2) is 0 Å². The predicted molar refractivity (Wildman–Crippen MR) is 44.5 cm³/mol. The molecule has 0 spiro atoms. The first-order valence-electron chi connectivity index (χ1n) is 4.33. The molecule has 0 saturated carbocycles. The van der Waals surface area contributed by atoms with Gasteiger partial charge in [-0.1, -0.05) is 0 Å². The molecule has 62 valence electrons.